The Morgan fingerprint density at radius 3 is 1.64 bits per heavy atom. The smallest absolute Gasteiger partial charge is 0.346 e. The van der Waals surface area contributed by atoms with Crippen LogP contribution in [0.1, 0.15) is 45.7 Å². The Morgan fingerprint density at radius 1 is 0.701 bits per heavy atom. The number of carbonyl (C=O) groups excluding carboxylic acids is 8. The van der Waals surface area contributed by atoms with Crippen molar-refractivity contribution in [2.75, 3.05) is 90.5 Å². The quantitative estimate of drug-likeness (QED) is 0.0245. The van der Waals surface area contributed by atoms with Gasteiger partial charge in [0.2, 0.25) is 20.4 Å². The van der Waals surface area contributed by atoms with E-state index in [1.165, 1.54) is 51.1 Å². The molecule has 0 aliphatic rings. The number of likely N-dealkylation sites (N-methyl/N-ethyl adjacent to an activating group) is 1. The molecule has 3 aromatic rings. The molecule has 24 nitrogen and oxygen atoms in total. The predicted molar refractivity (Wildman–Crippen MR) is 240 cm³/mol. The lowest BCUT2D eigenvalue weighted by Gasteiger charge is -2.26. The van der Waals surface area contributed by atoms with E-state index < -0.39 is 68.1 Å². The van der Waals surface area contributed by atoms with Gasteiger partial charge in [-0.25, -0.2) is 4.79 Å². The molecular formula is C42H56N4O20S. The van der Waals surface area contributed by atoms with Crippen molar-refractivity contribution in [3.05, 3.63) is 57.9 Å². The van der Waals surface area contributed by atoms with Gasteiger partial charge in [-0.1, -0.05) is 18.3 Å². The van der Waals surface area contributed by atoms with Crippen LogP contribution in [0.15, 0.2) is 45.6 Å². The molecule has 0 radical (unpaired) electrons. The van der Waals surface area contributed by atoms with Gasteiger partial charge in [-0.15, -0.1) is 0 Å². The molecule has 3 rings (SSSR count). The van der Waals surface area contributed by atoms with Gasteiger partial charge in [0.15, 0.2) is 6.79 Å². The van der Waals surface area contributed by atoms with E-state index in [0.29, 0.717) is 23.4 Å². The molecule has 4 N–H and O–H groups in total. The molecule has 0 saturated carbocycles. The van der Waals surface area contributed by atoms with Gasteiger partial charge in [0, 0.05) is 45.9 Å². The topological polar surface area (TPSA) is 318 Å². The maximum Gasteiger partial charge on any atom is 0.346 e. The summed E-state index contributed by atoms with van der Waals surface area (Å²) in [5.74, 6) is -3.68. The van der Waals surface area contributed by atoms with Crippen LogP contribution in [0, 0.1) is 6.92 Å². The summed E-state index contributed by atoms with van der Waals surface area (Å²) in [6, 6.07) is 9.69. The second-order valence-corrected chi connectivity index (χ2v) is 12.9. The Balaban J connectivity index is 0.00000295. The second kappa shape index (κ2) is 34.0. The number of hydrogen-bond acceptors (Lipinski definition) is 24. The number of aryl methyl sites for hydroxylation is 1. The average molecular weight is 969 g/mol. The summed E-state index contributed by atoms with van der Waals surface area (Å²) in [4.78, 5) is 104. The summed E-state index contributed by atoms with van der Waals surface area (Å²) < 4.78 is 55.1. The van der Waals surface area contributed by atoms with Crippen molar-refractivity contribution in [1.29, 1.82) is 0 Å². The van der Waals surface area contributed by atoms with Crippen LogP contribution in [-0.4, -0.2) is 134 Å². The van der Waals surface area contributed by atoms with Crippen molar-refractivity contribution in [3.63, 3.8) is 0 Å². The fourth-order valence-electron chi connectivity index (χ4n) is 4.80. The number of nitrogens with two attached hydrogens (primary N) is 2. The van der Waals surface area contributed by atoms with Crippen molar-refractivity contribution >= 4 is 88.1 Å². The Bertz CT molecular complexity index is 2130. The van der Waals surface area contributed by atoms with E-state index in [1.54, 1.807) is 11.0 Å². The molecule has 25 heteroatoms. The summed E-state index contributed by atoms with van der Waals surface area (Å²) in [7, 11) is 2.91. The van der Waals surface area contributed by atoms with Crippen molar-refractivity contribution in [3.8, 4) is 11.5 Å². The third-order valence-corrected chi connectivity index (χ3v) is 7.74. The molecule has 0 bridgehead atoms. The monoisotopic (exact) mass is 968 g/mol. The summed E-state index contributed by atoms with van der Waals surface area (Å²) in [5.41, 5.74) is 10.9. The zero-order chi connectivity index (χ0) is 50.9. The van der Waals surface area contributed by atoms with Gasteiger partial charge in [0.05, 0.1) is 16.9 Å². The highest BCUT2D eigenvalue weighted by Gasteiger charge is 2.24. The lowest BCUT2D eigenvalue weighted by atomic mass is 10.1. The highest BCUT2D eigenvalue weighted by atomic mass is 32.1. The summed E-state index contributed by atoms with van der Waals surface area (Å²) >= 11 is 4.99. The first kappa shape index (κ1) is 59.6. The average Bonchev–Trinajstić information content (AvgIpc) is 3.26. The molecule has 2 aromatic carbocycles. The molecule has 0 spiro atoms. The van der Waals surface area contributed by atoms with Crippen LogP contribution in [0.3, 0.4) is 0 Å². The van der Waals surface area contributed by atoms with Gasteiger partial charge >= 0.3 is 41.4 Å². The first-order valence-electron chi connectivity index (χ1n) is 19.6. The number of aldehydes is 1. The molecule has 370 valence electrons. The van der Waals surface area contributed by atoms with Gasteiger partial charge in [-0.3, -0.25) is 33.6 Å². The minimum absolute atomic E-state index is 0.0123. The third kappa shape index (κ3) is 24.5. The Labute approximate surface area is 390 Å². The largest absolute Gasteiger partial charge is 0.488 e. The van der Waals surface area contributed by atoms with Crippen molar-refractivity contribution in [2.45, 2.75) is 41.5 Å². The van der Waals surface area contributed by atoms with Crippen LogP contribution in [0.25, 0.3) is 11.0 Å². The number of esters is 6. The van der Waals surface area contributed by atoms with E-state index >= 15 is 0 Å². The lowest BCUT2D eigenvalue weighted by Crippen LogP contribution is -2.37. The van der Waals surface area contributed by atoms with E-state index in [-0.39, 0.29) is 67.4 Å². The lowest BCUT2D eigenvalue weighted by molar-refractivity contribution is -0.165. The zero-order valence-corrected chi connectivity index (χ0v) is 39.1. The second-order valence-electron chi connectivity index (χ2n) is 12.4. The first-order valence-corrected chi connectivity index (χ1v) is 20.0. The normalized spacial score (nSPS) is 9.69. The predicted octanol–water partition coefficient (Wildman–Crippen LogP) is 1.56. The van der Waals surface area contributed by atoms with E-state index in [2.05, 4.69) is 24.7 Å². The molecule has 1 aromatic heterocycles. The van der Waals surface area contributed by atoms with Crippen LogP contribution >= 0.6 is 12.2 Å². The number of fused-ring (bicyclic) bond motifs is 1. The number of thiocarbonyl (C=S) groups is 1. The number of nitrogens with zero attached hydrogens (tertiary/aromatic N) is 2. The van der Waals surface area contributed by atoms with Crippen LogP contribution in [0.4, 0.5) is 11.4 Å². The van der Waals surface area contributed by atoms with E-state index in [4.69, 9.17) is 55.6 Å². The number of ether oxygens (including phenoxy) is 10. The molecule has 0 fully saturated rings. The van der Waals surface area contributed by atoms with Crippen LogP contribution in [0.2, 0.25) is 0 Å². The van der Waals surface area contributed by atoms with Crippen molar-refractivity contribution in [2.24, 2.45) is 11.5 Å². The molecule has 67 heavy (non-hydrogen) atoms. The first-order chi connectivity index (χ1) is 31.9. The van der Waals surface area contributed by atoms with E-state index in [9.17, 15) is 38.4 Å². The molecule has 0 saturated heterocycles. The summed E-state index contributed by atoms with van der Waals surface area (Å²) in [6.07, 6.45) is 0.750. The van der Waals surface area contributed by atoms with Gasteiger partial charge in [-0.05, 0) is 57.6 Å². The van der Waals surface area contributed by atoms with Crippen molar-refractivity contribution < 1.29 is 90.1 Å². The molecule has 0 amide bonds. The fraction of sp³-hybridized carbons (Fsp3) is 0.429. The zero-order valence-electron chi connectivity index (χ0n) is 38.3. The molecule has 0 unspecified atom stereocenters. The maximum atomic E-state index is 12.8. The summed E-state index contributed by atoms with van der Waals surface area (Å²) in [6.45, 7) is 6.01. The van der Waals surface area contributed by atoms with Gasteiger partial charge in [-0.2, -0.15) is 0 Å². The Kier molecular flexibility index (Phi) is 30.3. The highest BCUT2D eigenvalue weighted by molar-refractivity contribution is 7.80. The fourth-order valence-corrected chi connectivity index (χ4v) is 4.94. The third-order valence-electron chi connectivity index (χ3n) is 7.52. The van der Waals surface area contributed by atoms with Crippen LogP contribution in [0.5, 0.6) is 11.5 Å². The highest BCUT2D eigenvalue weighted by Crippen LogP contribution is 2.34. The molecule has 0 aliphatic carbocycles. The minimum atomic E-state index is -0.928. The standard InChI is InChI=1S/C35H41N3O15S.C4H6O4.C2H4O.CH5N/c1-6-37(15-31(41)50-18-45-5)26-8-7-21(2)11-29(26)46-9-10-47-30-13-24-12-25(34(36)54)35(44)53-28(24)14-27(30)38(16-32(42)51-19-48-22(3)39)17-33(43)52-20-49-23(4)40;1-4(6)8-3-7-2-5;1-2-3;1-2/h7-8,11-14H,6,9-10,15-20H2,1-5H3,(H2,36,54);2H,3H2,1H3;2H,1H3;2H2,1H3. The van der Waals surface area contributed by atoms with Gasteiger partial charge in [0.25, 0.3) is 6.47 Å². The number of benzene rings is 2. The molecule has 1 heterocycles. The summed E-state index contributed by atoms with van der Waals surface area (Å²) in [5, 5.41) is 0.326. The molecule has 0 aliphatic heterocycles. The van der Waals surface area contributed by atoms with Crippen LogP contribution < -0.4 is 36.4 Å². The number of carbonyl (C=O) groups is 8. The number of rotatable bonds is 24. The maximum absolute atomic E-state index is 12.8. The number of hydrogen-bond donors (Lipinski definition) is 2. The van der Waals surface area contributed by atoms with Crippen LogP contribution in [-0.2, 0) is 76.3 Å². The minimum Gasteiger partial charge on any atom is -0.488 e. The number of methoxy groups -OCH3 is 1. The van der Waals surface area contributed by atoms with Crippen molar-refractivity contribution in [1.82, 2.24) is 0 Å². The van der Waals surface area contributed by atoms with E-state index in [0.717, 1.165) is 25.7 Å². The molecule has 0 atom stereocenters. The Hall–Kier alpha value is -7.38. The van der Waals surface area contributed by atoms with Gasteiger partial charge < -0.3 is 77.8 Å². The van der Waals surface area contributed by atoms with E-state index in [1.807, 2.05) is 26.0 Å². The SMILES string of the molecule is CC(=O)OCOC=O.CC=O.CCN(CC(=O)OCOC)c1ccc(C)cc1OCCOc1cc2cc(C(N)=S)c(=O)oc2cc1N(CC(=O)OCOC(C)=O)CC(=O)OCOC(C)=O.CN. The Morgan fingerprint density at radius 2 is 1.18 bits per heavy atom. The molecular weight excluding hydrogens is 913 g/mol. The van der Waals surface area contributed by atoms with Gasteiger partial charge in [0.1, 0.15) is 61.2 Å². The number of anilines is 2.